The predicted molar refractivity (Wildman–Crippen MR) is 76.4 cm³/mol. The van der Waals surface area contributed by atoms with Crippen LogP contribution in [0.5, 0.6) is 5.75 Å². The zero-order chi connectivity index (χ0) is 13.8. The second kappa shape index (κ2) is 5.95. The summed E-state index contributed by atoms with van der Waals surface area (Å²) in [6.07, 6.45) is 0.638. The van der Waals surface area contributed by atoms with E-state index in [1.165, 1.54) is 0 Å². The minimum Gasteiger partial charge on any atom is -0.508 e. The lowest BCUT2D eigenvalue weighted by atomic mass is 10.1. The van der Waals surface area contributed by atoms with Gasteiger partial charge in [-0.1, -0.05) is 13.8 Å². The highest BCUT2D eigenvalue weighted by Crippen LogP contribution is 2.20. The summed E-state index contributed by atoms with van der Waals surface area (Å²) in [7, 11) is 0. The number of carbonyl (C=O) groups is 1. The first-order valence-electron chi connectivity index (χ1n) is 6.88. The predicted octanol–water partition coefficient (Wildman–Crippen LogP) is 2.09. The Hall–Kier alpha value is -1.71. The minimum atomic E-state index is 0.264. The van der Waals surface area contributed by atoms with Crippen molar-refractivity contribution in [3.05, 3.63) is 24.3 Å². The molecule has 0 spiro atoms. The van der Waals surface area contributed by atoms with Crippen LogP contribution in [0.15, 0.2) is 24.3 Å². The monoisotopic (exact) mass is 262 g/mol. The molecule has 1 fully saturated rings. The molecule has 1 amide bonds. The van der Waals surface area contributed by atoms with Crippen LogP contribution in [0.25, 0.3) is 0 Å². The molecule has 1 saturated heterocycles. The van der Waals surface area contributed by atoms with E-state index in [1.807, 2.05) is 17.0 Å². The fourth-order valence-corrected chi connectivity index (χ4v) is 2.36. The first kappa shape index (κ1) is 13.7. The number of rotatable bonds is 3. The normalized spacial score (nSPS) is 15.9. The standard InChI is InChI=1S/C15H22N2O2/c1-12(2)11-15(19)17-9-7-16(8-10-17)13-3-5-14(18)6-4-13/h3-6,12,18H,7-11H2,1-2H3. The molecule has 1 aromatic rings. The number of anilines is 1. The van der Waals surface area contributed by atoms with Gasteiger partial charge in [0.05, 0.1) is 0 Å². The van der Waals surface area contributed by atoms with Crippen LogP contribution in [-0.2, 0) is 4.79 Å². The van der Waals surface area contributed by atoms with Crippen LogP contribution >= 0.6 is 0 Å². The van der Waals surface area contributed by atoms with Gasteiger partial charge in [0.15, 0.2) is 0 Å². The quantitative estimate of drug-likeness (QED) is 0.907. The summed E-state index contributed by atoms with van der Waals surface area (Å²) < 4.78 is 0. The summed E-state index contributed by atoms with van der Waals surface area (Å²) in [6, 6.07) is 7.24. The lowest BCUT2D eigenvalue weighted by molar-refractivity contribution is -0.132. The number of hydrogen-bond donors (Lipinski definition) is 1. The Morgan fingerprint density at radius 1 is 1.16 bits per heavy atom. The van der Waals surface area contributed by atoms with Gasteiger partial charge in [0.25, 0.3) is 0 Å². The third-order valence-corrected chi connectivity index (χ3v) is 3.43. The molecule has 2 rings (SSSR count). The number of phenols is 1. The average molecular weight is 262 g/mol. The summed E-state index contributed by atoms with van der Waals surface area (Å²) in [5.74, 6) is 0.970. The lowest BCUT2D eigenvalue weighted by Crippen LogP contribution is -2.49. The van der Waals surface area contributed by atoms with E-state index in [1.54, 1.807) is 12.1 Å². The van der Waals surface area contributed by atoms with Gasteiger partial charge in [-0.2, -0.15) is 0 Å². The molecular weight excluding hydrogens is 240 g/mol. The van der Waals surface area contributed by atoms with Gasteiger partial charge >= 0.3 is 0 Å². The Labute approximate surface area is 114 Å². The fourth-order valence-electron chi connectivity index (χ4n) is 2.36. The Kier molecular flexibility index (Phi) is 4.30. The maximum absolute atomic E-state index is 12.0. The Morgan fingerprint density at radius 2 is 1.74 bits per heavy atom. The highest BCUT2D eigenvalue weighted by Gasteiger charge is 2.21. The highest BCUT2D eigenvalue weighted by molar-refractivity contribution is 5.76. The van der Waals surface area contributed by atoms with Crippen molar-refractivity contribution in [1.82, 2.24) is 4.90 Å². The van der Waals surface area contributed by atoms with Crippen LogP contribution in [0.4, 0.5) is 5.69 Å². The number of hydrogen-bond acceptors (Lipinski definition) is 3. The molecule has 4 nitrogen and oxygen atoms in total. The van der Waals surface area contributed by atoms with Crippen molar-refractivity contribution in [3.8, 4) is 5.75 Å². The van der Waals surface area contributed by atoms with Gasteiger partial charge in [-0.25, -0.2) is 0 Å². The van der Waals surface area contributed by atoms with Crippen molar-refractivity contribution in [2.75, 3.05) is 31.1 Å². The van der Waals surface area contributed by atoms with E-state index in [9.17, 15) is 9.90 Å². The second-order valence-electron chi connectivity index (χ2n) is 5.48. The maximum atomic E-state index is 12.0. The average Bonchev–Trinajstić information content (AvgIpc) is 2.39. The lowest BCUT2D eigenvalue weighted by Gasteiger charge is -2.36. The molecule has 1 aliphatic heterocycles. The van der Waals surface area contributed by atoms with Gasteiger partial charge in [-0.15, -0.1) is 0 Å². The first-order valence-corrected chi connectivity index (χ1v) is 6.88. The van der Waals surface area contributed by atoms with Gasteiger partial charge in [-0.3, -0.25) is 4.79 Å². The van der Waals surface area contributed by atoms with Gasteiger partial charge in [0, 0.05) is 38.3 Å². The number of piperazine rings is 1. The summed E-state index contributed by atoms with van der Waals surface area (Å²) in [5.41, 5.74) is 1.11. The van der Waals surface area contributed by atoms with Crippen LogP contribution in [-0.4, -0.2) is 42.1 Å². The minimum absolute atomic E-state index is 0.264. The molecule has 1 heterocycles. The molecule has 104 valence electrons. The number of aromatic hydroxyl groups is 1. The molecule has 0 atom stereocenters. The topological polar surface area (TPSA) is 43.8 Å². The molecule has 1 aromatic carbocycles. The van der Waals surface area contributed by atoms with Gasteiger partial charge in [-0.05, 0) is 30.2 Å². The summed E-state index contributed by atoms with van der Waals surface area (Å²) >= 11 is 0. The molecule has 1 aliphatic rings. The number of amides is 1. The molecule has 0 bridgehead atoms. The molecule has 0 aromatic heterocycles. The Morgan fingerprint density at radius 3 is 2.26 bits per heavy atom. The summed E-state index contributed by atoms with van der Waals surface area (Å²) in [6.45, 7) is 7.43. The molecule has 4 heteroatoms. The van der Waals surface area contributed by atoms with E-state index in [0.717, 1.165) is 31.9 Å². The van der Waals surface area contributed by atoms with Crippen LogP contribution < -0.4 is 4.90 Å². The number of benzene rings is 1. The number of phenolic OH excluding ortho intramolecular Hbond substituents is 1. The van der Waals surface area contributed by atoms with E-state index >= 15 is 0 Å². The van der Waals surface area contributed by atoms with Crippen LogP contribution in [0.1, 0.15) is 20.3 Å². The fraction of sp³-hybridized carbons (Fsp3) is 0.533. The largest absolute Gasteiger partial charge is 0.508 e. The third-order valence-electron chi connectivity index (χ3n) is 3.43. The smallest absolute Gasteiger partial charge is 0.222 e. The molecule has 1 N–H and O–H groups in total. The van der Waals surface area contributed by atoms with Crippen molar-refractivity contribution in [2.45, 2.75) is 20.3 Å². The SMILES string of the molecule is CC(C)CC(=O)N1CCN(c2ccc(O)cc2)CC1. The van der Waals surface area contributed by atoms with E-state index in [2.05, 4.69) is 18.7 Å². The molecular formula is C15H22N2O2. The second-order valence-corrected chi connectivity index (χ2v) is 5.48. The highest BCUT2D eigenvalue weighted by atomic mass is 16.3. The first-order chi connectivity index (χ1) is 9.06. The van der Waals surface area contributed by atoms with Gasteiger partial charge in [0.1, 0.15) is 5.75 Å². The molecule has 0 radical (unpaired) electrons. The molecule has 0 aliphatic carbocycles. The maximum Gasteiger partial charge on any atom is 0.222 e. The van der Waals surface area contributed by atoms with E-state index in [4.69, 9.17) is 0 Å². The third kappa shape index (κ3) is 3.63. The van der Waals surface area contributed by atoms with Crippen molar-refractivity contribution in [2.24, 2.45) is 5.92 Å². The Balaban J connectivity index is 1.88. The zero-order valence-electron chi connectivity index (χ0n) is 11.7. The summed E-state index contributed by atoms with van der Waals surface area (Å²) in [5, 5.41) is 9.28. The van der Waals surface area contributed by atoms with Gasteiger partial charge in [0.2, 0.25) is 5.91 Å². The molecule has 0 saturated carbocycles. The zero-order valence-corrected chi connectivity index (χ0v) is 11.7. The van der Waals surface area contributed by atoms with Gasteiger partial charge < -0.3 is 14.9 Å². The molecule has 0 unspecified atom stereocenters. The van der Waals surface area contributed by atoms with Crippen LogP contribution in [0.2, 0.25) is 0 Å². The van der Waals surface area contributed by atoms with Crippen LogP contribution in [0.3, 0.4) is 0 Å². The number of nitrogens with zero attached hydrogens (tertiary/aromatic N) is 2. The van der Waals surface area contributed by atoms with Crippen molar-refractivity contribution < 1.29 is 9.90 Å². The van der Waals surface area contributed by atoms with Crippen molar-refractivity contribution in [3.63, 3.8) is 0 Å². The molecule has 19 heavy (non-hydrogen) atoms. The van der Waals surface area contributed by atoms with E-state index in [-0.39, 0.29) is 11.7 Å². The van der Waals surface area contributed by atoms with Crippen LogP contribution in [0, 0.1) is 5.92 Å². The summed E-state index contributed by atoms with van der Waals surface area (Å²) in [4.78, 5) is 16.2. The van der Waals surface area contributed by atoms with Crippen molar-refractivity contribution in [1.29, 1.82) is 0 Å². The van der Waals surface area contributed by atoms with Crippen molar-refractivity contribution >= 4 is 11.6 Å². The van der Waals surface area contributed by atoms with E-state index in [0.29, 0.717) is 12.3 Å². The van der Waals surface area contributed by atoms with E-state index < -0.39 is 0 Å². The Bertz CT molecular complexity index is 420. The number of carbonyl (C=O) groups excluding carboxylic acids is 1.